The molecular formula is C18H14F2N2O3S. The van der Waals surface area contributed by atoms with Gasteiger partial charge >= 0.3 is 0 Å². The summed E-state index contributed by atoms with van der Waals surface area (Å²) in [6.45, 7) is 3.77. The summed E-state index contributed by atoms with van der Waals surface area (Å²) in [5.41, 5.74) is 0.137. The minimum absolute atomic E-state index is 0.0173. The van der Waals surface area contributed by atoms with Crippen LogP contribution in [0.15, 0.2) is 64.9 Å². The van der Waals surface area contributed by atoms with Gasteiger partial charge in [0.05, 0.1) is 16.3 Å². The average Bonchev–Trinajstić information content (AvgIpc) is 2.83. The topological polar surface area (TPSA) is 75.3 Å². The molecule has 2 N–H and O–H groups in total. The van der Waals surface area contributed by atoms with Gasteiger partial charge < -0.3 is 10.6 Å². The highest BCUT2D eigenvalue weighted by molar-refractivity contribution is 7.97. The van der Waals surface area contributed by atoms with Crippen molar-refractivity contribution in [3.63, 3.8) is 0 Å². The molecule has 0 fully saturated rings. The minimum atomic E-state index is -4.09. The van der Waals surface area contributed by atoms with Crippen molar-refractivity contribution in [2.45, 2.75) is 4.90 Å². The first-order valence-electron chi connectivity index (χ1n) is 7.56. The van der Waals surface area contributed by atoms with Gasteiger partial charge in [0.25, 0.3) is 5.91 Å². The number of fused-ring (bicyclic) bond motifs is 1. The second-order valence-electron chi connectivity index (χ2n) is 5.45. The summed E-state index contributed by atoms with van der Waals surface area (Å²) in [7, 11) is -4.09. The molecule has 0 bridgehead atoms. The molecule has 0 saturated carbocycles. The van der Waals surface area contributed by atoms with E-state index in [4.69, 9.17) is 0 Å². The van der Waals surface area contributed by atoms with E-state index >= 15 is 0 Å². The van der Waals surface area contributed by atoms with E-state index < -0.39 is 32.3 Å². The van der Waals surface area contributed by atoms with Crippen molar-refractivity contribution in [1.29, 1.82) is 0 Å². The van der Waals surface area contributed by atoms with Crippen LogP contribution in [-0.2, 0) is 14.6 Å². The molecule has 5 nitrogen and oxygen atoms in total. The normalized spacial score (nSPS) is 14.7. The van der Waals surface area contributed by atoms with Crippen LogP contribution in [0.2, 0.25) is 0 Å². The summed E-state index contributed by atoms with van der Waals surface area (Å²) in [5, 5.41) is 5.04. The van der Waals surface area contributed by atoms with E-state index in [1.165, 1.54) is 12.1 Å². The Labute approximate surface area is 149 Å². The molecule has 0 aliphatic carbocycles. The number of halogens is 2. The number of anilines is 1. The number of benzene rings is 2. The molecule has 3 rings (SSSR count). The van der Waals surface area contributed by atoms with Crippen LogP contribution in [0.5, 0.6) is 0 Å². The fraction of sp³-hybridized carbons (Fsp3) is 0.0556. The molecule has 0 unspecified atom stereocenters. The SMILES string of the molecule is C=CCNC1=C(C(=O)Nc2ccc(F)cc2F)S(=O)(=O)c2ccccc21. The van der Waals surface area contributed by atoms with Gasteiger partial charge in [-0.3, -0.25) is 4.79 Å². The Balaban J connectivity index is 2.07. The maximum absolute atomic E-state index is 13.8. The van der Waals surface area contributed by atoms with Crippen LogP contribution >= 0.6 is 0 Å². The van der Waals surface area contributed by atoms with Gasteiger partial charge in [-0.15, -0.1) is 6.58 Å². The van der Waals surface area contributed by atoms with Crippen LogP contribution < -0.4 is 10.6 Å². The van der Waals surface area contributed by atoms with E-state index in [2.05, 4.69) is 17.2 Å². The zero-order chi connectivity index (χ0) is 18.9. The predicted molar refractivity (Wildman–Crippen MR) is 93.7 cm³/mol. The Kier molecular flexibility index (Phi) is 4.60. The number of rotatable bonds is 5. The quantitative estimate of drug-likeness (QED) is 0.787. The summed E-state index contributed by atoms with van der Waals surface area (Å²) in [6, 6.07) is 8.72. The Bertz CT molecular complexity index is 1050. The summed E-state index contributed by atoms with van der Waals surface area (Å²) in [4.78, 5) is 12.1. The number of hydrogen-bond donors (Lipinski definition) is 2. The molecule has 0 radical (unpaired) electrons. The minimum Gasteiger partial charge on any atom is -0.380 e. The lowest BCUT2D eigenvalue weighted by Crippen LogP contribution is -2.23. The van der Waals surface area contributed by atoms with Crippen molar-refractivity contribution >= 4 is 27.1 Å². The first-order chi connectivity index (χ1) is 12.4. The molecule has 0 spiro atoms. The van der Waals surface area contributed by atoms with E-state index in [0.29, 0.717) is 11.6 Å². The number of nitrogens with one attached hydrogen (secondary N) is 2. The van der Waals surface area contributed by atoms with E-state index in [-0.39, 0.29) is 22.8 Å². The molecule has 26 heavy (non-hydrogen) atoms. The summed E-state index contributed by atoms with van der Waals surface area (Å²) in [5.74, 6) is -2.83. The summed E-state index contributed by atoms with van der Waals surface area (Å²) < 4.78 is 52.4. The molecule has 1 amide bonds. The molecule has 1 aliphatic heterocycles. The lowest BCUT2D eigenvalue weighted by molar-refractivity contribution is -0.112. The number of carbonyl (C=O) groups excluding carboxylic acids is 1. The van der Waals surface area contributed by atoms with Crippen LogP contribution in [0.25, 0.3) is 5.70 Å². The van der Waals surface area contributed by atoms with Gasteiger partial charge in [0.2, 0.25) is 9.84 Å². The fourth-order valence-electron chi connectivity index (χ4n) is 2.63. The van der Waals surface area contributed by atoms with Crippen LogP contribution in [0, 0.1) is 11.6 Å². The van der Waals surface area contributed by atoms with E-state index in [9.17, 15) is 22.0 Å². The standard InChI is InChI=1S/C18H14F2N2O3S/c1-2-9-21-16-12-5-3-4-6-15(12)26(24,25)17(16)18(23)22-14-8-7-11(19)10-13(14)20/h2-8,10,21H,1,9H2,(H,22,23). The second-order valence-corrected chi connectivity index (χ2v) is 7.31. The second kappa shape index (κ2) is 6.72. The van der Waals surface area contributed by atoms with E-state index in [1.807, 2.05) is 0 Å². The number of amides is 1. The van der Waals surface area contributed by atoms with Crippen LogP contribution in [-0.4, -0.2) is 20.9 Å². The molecule has 1 aliphatic rings. The number of carbonyl (C=O) groups is 1. The van der Waals surface area contributed by atoms with Crippen molar-refractivity contribution in [3.05, 3.63) is 77.2 Å². The maximum Gasteiger partial charge on any atom is 0.269 e. The summed E-state index contributed by atoms with van der Waals surface area (Å²) >= 11 is 0. The molecule has 0 atom stereocenters. The van der Waals surface area contributed by atoms with Gasteiger partial charge in [0.1, 0.15) is 11.6 Å². The zero-order valence-electron chi connectivity index (χ0n) is 13.4. The molecule has 2 aromatic rings. The van der Waals surface area contributed by atoms with Crippen LogP contribution in [0.3, 0.4) is 0 Å². The third-order valence-electron chi connectivity index (χ3n) is 3.75. The third-order valence-corrected chi connectivity index (χ3v) is 5.61. The van der Waals surface area contributed by atoms with Gasteiger partial charge in [0, 0.05) is 18.2 Å². The Morgan fingerprint density at radius 3 is 2.58 bits per heavy atom. The fourth-order valence-corrected chi connectivity index (χ4v) is 4.31. The van der Waals surface area contributed by atoms with Gasteiger partial charge in [-0.2, -0.15) is 0 Å². The Hall–Kier alpha value is -3.00. The van der Waals surface area contributed by atoms with E-state index in [0.717, 1.165) is 12.1 Å². The van der Waals surface area contributed by atoms with Crippen molar-refractivity contribution in [2.75, 3.05) is 11.9 Å². The highest BCUT2D eigenvalue weighted by Crippen LogP contribution is 2.38. The molecule has 0 aromatic heterocycles. The zero-order valence-corrected chi connectivity index (χ0v) is 14.2. The molecule has 2 aromatic carbocycles. The molecular weight excluding hydrogens is 362 g/mol. The summed E-state index contributed by atoms with van der Waals surface area (Å²) in [6.07, 6.45) is 1.51. The first kappa shape index (κ1) is 17.8. The van der Waals surface area contributed by atoms with Gasteiger partial charge in [0.15, 0.2) is 4.91 Å². The van der Waals surface area contributed by atoms with Crippen molar-refractivity contribution in [3.8, 4) is 0 Å². The van der Waals surface area contributed by atoms with Crippen LogP contribution in [0.4, 0.5) is 14.5 Å². The van der Waals surface area contributed by atoms with E-state index in [1.54, 1.807) is 18.2 Å². The molecule has 8 heteroatoms. The third kappa shape index (κ3) is 2.99. The van der Waals surface area contributed by atoms with Crippen LogP contribution in [0.1, 0.15) is 5.56 Å². The Morgan fingerprint density at radius 1 is 1.15 bits per heavy atom. The smallest absolute Gasteiger partial charge is 0.269 e. The molecule has 0 saturated heterocycles. The van der Waals surface area contributed by atoms with Crippen molar-refractivity contribution < 1.29 is 22.0 Å². The molecule has 1 heterocycles. The van der Waals surface area contributed by atoms with Gasteiger partial charge in [-0.1, -0.05) is 24.3 Å². The first-order valence-corrected chi connectivity index (χ1v) is 9.04. The number of hydrogen-bond acceptors (Lipinski definition) is 4. The lowest BCUT2D eigenvalue weighted by Gasteiger charge is -2.10. The largest absolute Gasteiger partial charge is 0.380 e. The average molecular weight is 376 g/mol. The van der Waals surface area contributed by atoms with Crippen molar-refractivity contribution in [1.82, 2.24) is 5.32 Å². The monoisotopic (exact) mass is 376 g/mol. The van der Waals surface area contributed by atoms with Crippen molar-refractivity contribution in [2.24, 2.45) is 0 Å². The highest BCUT2D eigenvalue weighted by atomic mass is 32.2. The number of sulfone groups is 1. The maximum atomic E-state index is 13.8. The van der Waals surface area contributed by atoms with Gasteiger partial charge in [-0.25, -0.2) is 17.2 Å². The Morgan fingerprint density at radius 2 is 1.88 bits per heavy atom. The predicted octanol–water partition coefficient (Wildman–Crippen LogP) is 2.84. The van der Waals surface area contributed by atoms with Gasteiger partial charge in [-0.05, 0) is 18.2 Å². The highest BCUT2D eigenvalue weighted by Gasteiger charge is 2.39. The lowest BCUT2D eigenvalue weighted by atomic mass is 10.1. The molecule has 134 valence electrons.